The number of carbonyl (C=O) groups is 1. The van der Waals surface area contributed by atoms with E-state index in [-0.39, 0.29) is 25.0 Å². The molecular formula is C9H19NO3. The fourth-order valence-electron chi connectivity index (χ4n) is 0.929. The number of carboxylic acids is 1. The van der Waals surface area contributed by atoms with Crippen molar-refractivity contribution in [3.63, 3.8) is 0 Å². The zero-order chi connectivity index (χ0) is 10.3. The van der Waals surface area contributed by atoms with Crippen LogP contribution in [0.2, 0.25) is 0 Å². The summed E-state index contributed by atoms with van der Waals surface area (Å²) in [5, 5.41) is 20.3. The van der Waals surface area contributed by atoms with Gasteiger partial charge in [0.15, 0.2) is 0 Å². The number of carboxylic acid groups (broad SMARTS) is 1. The summed E-state index contributed by atoms with van der Waals surface area (Å²) in [5.41, 5.74) is 0. The largest absolute Gasteiger partial charge is 0.481 e. The Morgan fingerprint density at radius 3 is 2.54 bits per heavy atom. The van der Waals surface area contributed by atoms with Gasteiger partial charge in [-0.25, -0.2) is 0 Å². The second-order valence-electron chi connectivity index (χ2n) is 3.40. The van der Waals surface area contributed by atoms with Gasteiger partial charge in [-0.1, -0.05) is 6.92 Å². The van der Waals surface area contributed by atoms with Crippen LogP contribution in [0.15, 0.2) is 0 Å². The summed E-state index contributed by atoms with van der Waals surface area (Å²) in [6, 6.07) is 0.235. The Hall–Kier alpha value is -0.610. The molecule has 0 amide bonds. The number of hydrogen-bond acceptors (Lipinski definition) is 3. The number of aliphatic hydroxyl groups excluding tert-OH is 1. The van der Waals surface area contributed by atoms with E-state index < -0.39 is 5.97 Å². The molecule has 78 valence electrons. The first-order valence-electron chi connectivity index (χ1n) is 4.64. The molecule has 0 aromatic rings. The minimum absolute atomic E-state index is 0.160. The number of hydrogen-bond donors (Lipinski definition) is 3. The van der Waals surface area contributed by atoms with Crippen LogP contribution >= 0.6 is 0 Å². The third-order valence-corrected chi connectivity index (χ3v) is 2.18. The lowest BCUT2D eigenvalue weighted by atomic mass is 10.1. The molecule has 0 aliphatic carbocycles. The van der Waals surface area contributed by atoms with Crippen LogP contribution in [0.5, 0.6) is 0 Å². The molecule has 0 fully saturated rings. The van der Waals surface area contributed by atoms with Crippen molar-refractivity contribution in [1.82, 2.24) is 5.32 Å². The maximum Gasteiger partial charge on any atom is 0.303 e. The Balaban J connectivity index is 3.36. The summed E-state index contributed by atoms with van der Waals surface area (Å²) in [6.07, 6.45) is 0.838. The minimum Gasteiger partial charge on any atom is -0.481 e. The molecule has 0 spiro atoms. The first-order chi connectivity index (χ1) is 6.07. The maximum absolute atomic E-state index is 10.2. The van der Waals surface area contributed by atoms with Gasteiger partial charge in [0.1, 0.15) is 0 Å². The van der Waals surface area contributed by atoms with E-state index >= 15 is 0 Å². The van der Waals surface area contributed by atoms with Gasteiger partial charge in [-0.05, 0) is 25.8 Å². The highest BCUT2D eigenvalue weighted by molar-refractivity contribution is 5.66. The lowest BCUT2D eigenvalue weighted by Crippen LogP contribution is -2.34. The molecule has 0 saturated heterocycles. The third-order valence-electron chi connectivity index (χ3n) is 2.18. The number of rotatable bonds is 7. The molecule has 2 unspecified atom stereocenters. The molecule has 0 aromatic heterocycles. The predicted molar refractivity (Wildman–Crippen MR) is 50.6 cm³/mol. The van der Waals surface area contributed by atoms with Crippen LogP contribution in [0.4, 0.5) is 0 Å². The van der Waals surface area contributed by atoms with Crippen molar-refractivity contribution < 1.29 is 15.0 Å². The first-order valence-corrected chi connectivity index (χ1v) is 4.64. The van der Waals surface area contributed by atoms with E-state index in [0.717, 1.165) is 0 Å². The molecule has 0 aliphatic heterocycles. The van der Waals surface area contributed by atoms with Crippen molar-refractivity contribution in [2.75, 3.05) is 13.2 Å². The average molecular weight is 189 g/mol. The zero-order valence-electron chi connectivity index (χ0n) is 8.29. The number of aliphatic hydroxyl groups is 1. The molecule has 4 heteroatoms. The summed E-state index contributed by atoms with van der Waals surface area (Å²) in [6.45, 7) is 4.79. The van der Waals surface area contributed by atoms with Crippen LogP contribution < -0.4 is 5.32 Å². The standard InChI is InChI=1S/C9H19NO3/c1-7(6-11)8(2)10-5-3-4-9(12)13/h7-8,10-11H,3-6H2,1-2H3,(H,12,13). The molecule has 0 rings (SSSR count). The molecule has 0 heterocycles. The van der Waals surface area contributed by atoms with Gasteiger partial charge in [0.2, 0.25) is 0 Å². The molecule has 0 saturated carbocycles. The molecule has 4 nitrogen and oxygen atoms in total. The Morgan fingerprint density at radius 2 is 2.08 bits per heavy atom. The Labute approximate surface area is 79.0 Å². The van der Waals surface area contributed by atoms with E-state index in [0.29, 0.717) is 13.0 Å². The Kier molecular flexibility index (Phi) is 6.54. The van der Waals surface area contributed by atoms with Crippen LogP contribution in [0, 0.1) is 5.92 Å². The fraction of sp³-hybridized carbons (Fsp3) is 0.889. The summed E-state index contributed by atoms with van der Waals surface area (Å²) in [5.74, 6) is -0.547. The van der Waals surface area contributed by atoms with Crippen molar-refractivity contribution in [3.8, 4) is 0 Å². The van der Waals surface area contributed by atoms with E-state index in [4.69, 9.17) is 10.2 Å². The zero-order valence-corrected chi connectivity index (χ0v) is 8.29. The minimum atomic E-state index is -0.760. The fourth-order valence-corrected chi connectivity index (χ4v) is 0.929. The van der Waals surface area contributed by atoms with Crippen molar-refractivity contribution in [1.29, 1.82) is 0 Å². The highest BCUT2D eigenvalue weighted by Gasteiger charge is 2.09. The van der Waals surface area contributed by atoms with Crippen LogP contribution in [-0.4, -0.2) is 35.4 Å². The van der Waals surface area contributed by atoms with Gasteiger partial charge in [-0.2, -0.15) is 0 Å². The summed E-state index contributed by atoms with van der Waals surface area (Å²) in [4.78, 5) is 10.2. The summed E-state index contributed by atoms with van der Waals surface area (Å²) >= 11 is 0. The lowest BCUT2D eigenvalue weighted by molar-refractivity contribution is -0.137. The van der Waals surface area contributed by atoms with E-state index in [1.165, 1.54) is 0 Å². The quantitative estimate of drug-likeness (QED) is 0.509. The second-order valence-corrected chi connectivity index (χ2v) is 3.40. The van der Waals surface area contributed by atoms with Crippen LogP contribution in [0.1, 0.15) is 26.7 Å². The highest BCUT2D eigenvalue weighted by atomic mass is 16.4. The number of nitrogens with one attached hydrogen (secondary N) is 1. The van der Waals surface area contributed by atoms with E-state index in [9.17, 15) is 4.79 Å². The third kappa shape index (κ3) is 6.54. The number of aliphatic carboxylic acids is 1. The molecule has 0 aromatic carbocycles. The smallest absolute Gasteiger partial charge is 0.303 e. The Bertz CT molecular complexity index is 150. The van der Waals surface area contributed by atoms with Gasteiger partial charge in [-0.15, -0.1) is 0 Å². The summed E-state index contributed by atoms with van der Waals surface area (Å²) < 4.78 is 0. The van der Waals surface area contributed by atoms with E-state index in [1.807, 2.05) is 13.8 Å². The van der Waals surface area contributed by atoms with Crippen molar-refractivity contribution in [2.45, 2.75) is 32.7 Å². The maximum atomic E-state index is 10.2. The highest BCUT2D eigenvalue weighted by Crippen LogP contribution is 2.00. The molecule has 2 atom stereocenters. The van der Waals surface area contributed by atoms with Crippen molar-refractivity contribution in [2.24, 2.45) is 5.92 Å². The molecule has 0 aliphatic rings. The monoisotopic (exact) mass is 189 g/mol. The van der Waals surface area contributed by atoms with Crippen molar-refractivity contribution in [3.05, 3.63) is 0 Å². The second kappa shape index (κ2) is 6.86. The van der Waals surface area contributed by atoms with Gasteiger partial charge in [-0.3, -0.25) is 4.79 Å². The van der Waals surface area contributed by atoms with E-state index in [1.54, 1.807) is 0 Å². The SMILES string of the molecule is CC(CO)C(C)NCCCC(=O)O. The molecule has 0 bridgehead atoms. The van der Waals surface area contributed by atoms with Gasteiger partial charge in [0.25, 0.3) is 0 Å². The van der Waals surface area contributed by atoms with Gasteiger partial charge in [0, 0.05) is 19.1 Å². The van der Waals surface area contributed by atoms with Crippen LogP contribution in [0.25, 0.3) is 0 Å². The molecule has 0 radical (unpaired) electrons. The lowest BCUT2D eigenvalue weighted by Gasteiger charge is -2.18. The van der Waals surface area contributed by atoms with Crippen molar-refractivity contribution >= 4 is 5.97 Å². The summed E-state index contributed by atoms with van der Waals surface area (Å²) in [7, 11) is 0. The van der Waals surface area contributed by atoms with Crippen LogP contribution in [0.3, 0.4) is 0 Å². The molecule has 13 heavy (non-hydrogen) atoms. The van der Waals surface area contributed by atoms with E-state index in [2.05, 4.69) is 5.32 Å². The topological polar surface area (TPSA) is 69.6 Å². The van der Waals surface area contributed by atoms with Gasteiger partial charge < -0.3 is 15.5 Å². The van der Waals surface area contributed by atoms with Gasteiger partial charge in [0.05, 0.1) is 0 Å². The average Bonchev–Trinajstić information content (AvgIpc) is 2.10. The van der Waals surface area contributed by atoms with Crippen LogP contribution in [-0.2, 0) is 4.79 Å². The molecule has 3 N–H and O–H groups in total. The van der Waals surface area contributed by atoms with Gasteiger partial charge >= 0.3 is 5.97 Å². The normalized spacial score (nSPS) is 15.3. The Morgan fingerprint density at radius 1 is 1.46 bits per heavy atom. The molecular weight excluding hydrogens is 170 g/mol. The first kappa shape index (κ1) is 12.4. The predicted octanol–water partition coefficient (Wildman–Crippen LogP) is 0.458.